The molecule has 1 amide bonds. The SMILES string of the molecule is O=C(COc1ccc([N+](=O)[O-])cc1)N1CCC(c2nc3ccccc3s2)CC1. The quantitative estimate of drug-likeness (QED) is 0.480. The zero-order valence-electron chi connectivity index (χ0n) is 15.1. The summed E-state index contributed by atoms with van der Waals surface area (Å²) >= 11 is 1.74. The predicted molar refractivity (Wildman–Crippen MR) is 107 cm³/mol. The molecule has 0 N–H and O–H groups in total. The number of carbonyl (C=O) groups excluding carboxylic acids is 1. The van der Waals surface area contributed by atoms with E-state index in [2.05, 4.69) is 6.07 Å². The highest BCUT2D eigenvalue weighted by molar-refractivity contribution is 7.18. The van der Waals surface area contributed by atoms with Crippen LogP contribution in [0.3, 0.4) is 0 Å². The van der Waals surface area contributed by atoms with Crippen LogP contribution in [-0.4, -0.2) is 40.4 Å². The molecule has 0 unspecified atom stereocenters. The molecule has 0 atom stereocenters. The van der Waals surface area contributed by atoms with Gasteiger partial charge in [0.1, 0.15) is 5.75 Å². The maximum Gasteiger partial charge on any atom is 0.269 e. The first-order valence-corrected chi connectivity index (χ1v) is 9.92. The van der Waals surface area contributed by atoms with Crippen molar-refractivity contribution in [2.75, 3.05) is 19.7 Å². The number of rotatable bonds is 5. The van der Waals surface area contributed by atoms with E-state index in [1.54, 1.807) is 11.3 Å². The molecule has 1 saturated heterocycles. The molecule has 0 spiro atoms. The molecular formula is C20H19N3O4S. The Balaban J connectivity index is 1.29. The number of thiazole rings is 1. The van der Waals surface area contributed by atoms with Gasteiger partial charge in [0.05, 0.1) is 20.1 Å². The van der Waals surface area contributed by atoms with Crippen molar-refractivity contribution < 1.29 is 14.5 Å². The molecule has 7 nitrogen and oxygen atoms in total. The van der Waals surface area contributed by atoms with E-state index in [-0.39, 0.29) is 18.2 Å². The largest absolute Gasteiger partial charge is 0.484 e. The van der Waals surface area contributed by atoms with Crippen LogP contribution in [0.2, 0.25) is 0 Å². The van der Waals surface area contributed by atoms with Crippen LogP contribution in [-0.2, 0) is 4.79 Å². The van der Waals surface area contributed by atoms with Gasteiger partial charge in [-0.05, 0) is 37.1 Å². The van der Waals surface area contributed by atoms with Gasteiger partial charge in [-0.1, -0.05) is 12.1 Å². The van der Waals surface area contributed by atoms with Gasteiger partial charge in [0.15, 0.2) is 6.61 Å². The van der Waals surface area contributed by atoms with Crippen molar-refractivity contribution >= 4 is 33.1 Å². The van der Waals surface area contributed by atoms with Crippen molar-refractivity contribution in [3.63, 3.8) is 0 Å². The molecule has 2 heterocycles. The summed E-state index contributed by atoms with van der Waals surface area (Å²) in [5.41, 5.74) is 1.04. The lowest BCUT2D eigenvalue weighted by molar-refractivity contribution is -0.384. The van der Waals surface area contributed by atoms with Crippen molar-refractivity contribution in [3.05, 3.63) is 63.7 Å². The van der Waals surface area contributed by atoms with Crippen molar-refractivity contribution in [2.45, 2.75) is 18.8 Å². The van der Waals surface area contributed by atoms with Crippen molar-refractivity contribution in [2.24, 2.45) is 0 Å². The molecule has 0 radical (unpaired) electrons. The van der Waals surface area contributed by atoms with E-state index in [9.17, 15) is 14.9 Å². The molecule has 0 aliphatic carbocycles. The Morgan fingerprint density at radius 1 is 1.18 bits per heavy atom. The number of piperidine rings is 1. The van der Waals surface area contributed by atoms with Gasteiger partial charge in [-0.15, -0.1) is 11.3 Å². The molecule has 0 bridgehead atoms. The Hall–Kier alpha value is -3.00. The number of hydrogen-bond acceptors (Lipinski definition) is 6. The molecule has 144 valence electrons. The van der Waals surface area contributed by atoms with Crippen LogP contribution in [0, 0.1) is 10.1 Å². The minimum Gasteiger partial charge on any atom is -0.484 e. The third-order valence-corrected chi connectivity index (χ3v) is 6.12. The molecule has 8 heteroatoms. The molecule has 2 aromatic carbocycles. The summed E-state index contributed by atoms with van der Waals surface area (Å²) in [5, 5.41) is 11.8. The zero-order chi connectivity index (χ0) is 19.5. The van der Waals surface area contributed by atoms with E-state index in [0.717, 1.165) is 23.4 Å². The summed E-state index contributed by atoms with van der Waals surface area (Å²) in [7, 11) is 0. The first kappa shape index (κ1) is 18.4. The van der Waals surface area contributed by atoms with Gasteiger partial charge in [0.25, 0.3) is 11.6 Å². The fourth-order valence-electron chi connectivity index (χ4n) is 3.34. The Morgan fingerprint density at radius 2 is 1.89 bits per heavy atom. The molecule has 28 heavy (non-hydrogen) atoms. The number of benzene rings is 2. The molecule has 0 saturated carbocycles. The highest BCUT2D eigenvalue weighted by atomic mass is 32.1. The molecule has 4 rings (SSSR count). The predicted octanol–water partition coefficient (Wildman–Crippen LogP) is 3.99. The average molecular weight is 397 g/mol. The number of fused-ring (bicyclic) bond motifs is 1. The number of aromatic nitrogens is 1. The number of amides is 1. The minimum absolute atomic E-state index is 0.00408. The smallest absolute Gasteiger partial charge is 0.269 e. The highest BCUT2D eigenvalue weighted by Crippen LogP contribution is 2.33. The van der Waals surface area contributed by atoms with Crippen LogP contribution in [0.1, 0.15) is 23.8 Å². The van der Waals surface area contributed by atoms with Crippen LogP contribution < -0.4 is 4.74 Å². The number of ether oxygens (including phenoxy) is 1. The van der Waals surface area contributed by atoms with E-state index >= 15 is 0 Å². The highest BCUT2D eigenvalue weighted by Gasteiger charge is 2.26. The van der Waals surface area contributed by atoms with Crippen LogP contribution in [0.25, 0.3) is 10.2 Å². The lowest BCUT2D eigenvalue weighted by Crippen LogP contribution is -2.40. The van der Waals surface area contributed by atoms with Gasteiger partial charge in [-0.25, -0.2) is 4.98 Å². The number of likely N-dealkylation sites (tertiary alicyclic amines) is 1. The van der Waals surface area contributed by atoms with Crippen LogP contribution in [0.5, 0.6) is 5.75 Å². The third kappa shape index (κ3) is 3.96. The fourth-order valence-corrected chi connectivity index (χ4v) is 4.48. The monoisotopic (exact) mass is 397 g/mol. The Morgan fingerprint density at radius 3 is 2.57 bits per heavy atom. The molecule has 1 aromatic heterocycles. The zero-order valence-corrected chi connectivity index (χ0v) is 15.9. The summed E-state index contributed by atoms with van der Waals surface area (Å²) in [5.74, 6) is 0.765. The Bertz CT molecular complexity index is 961. The van der Waals surface area contributed by atoms with Crippen molar-refractivity contribution in [1.29, 1.82) is 0 Å². The van der Waals surface area contributed by atoms with Crippen LogP contribution in [0.15, 0.2) is 48.5 Å². The van der Waals surface area contributed by atoms with E-state index in [4.69, 9.17) is 9.72 Å². The lowest BCUT2D eigenvalue weighted by Gasteiger charge is -2.31. The average Bonchev–Trinajstić information content (AvgIpc) is 3.16. The van der Waals surface area contributed by atoms with E-state index < -0.39 is 4.92 Å². The summed E-state index contributed by atoms with van der Waals surface area (Å²) < 4.78 is 6.68. The summed E-state index contributed by atoms with van der Waals surface area (Å²) in [6.07, 6.45) is 1.78. The second kappa shape index (κ2) is 7.93. The molecule has 1 fully saturated rings. The normalized spacial score (nSPS) is 14.9. The van der Waals surface area contributed by atoms with E-state index in [1.807, 2.05) is 23.1 Å². The summed E-state index contributed by atoms with van der Waals surface area (Å²) in [6, 6.07) is 13.9. The Kier molecular flexibility index (Phi) is 5.21. The van der Waals surface area contributed by atoms with Gasteiger partial charge in [-0.3, -0.25) is 14.9 Å². The lowest BCUT2D eigenvalue weighted by atomic mass is 9.97. The summed E-state index contributed by atoms with van der Waals surface area (Å²) in [4.78, 5) is 29.2. The van der Waals surface area contributed by atoms with E-state index in [1.165, 1.54) is 29.0 Å². The first-order valence-electron chi connectivity index (χ1n) is 9.10. The van der Waals surface area contributed by atoms with Crippen LogP contribution in [0.4, 0.5) is 5.69 Å². The topological polar surface area (TPSA) is 85.6 Å². The number of nitro groups is 1. The number of hydrogen-bond donors (Lipinski definition) is 0. The van der Waals surface area contributed by atoms with Crippen LogP contribution >= 0.6 is 11.3 Å². The maximum absolute atomic E-state index is 12.4. The third-order valence-electron chi connectivity index (χ3n) is 4.92. The van der Waals surface area contributed by atoms with Gasteiger partial charge in [0.2, 0.25) is 0 Å². The second-order valence-corrected chi connectivity index (χ2v) is 7.78. The number of nitrogens with zero attached hydrogens (tertiary/aromatic N) is 3. The van der Waals surface area contributed by atoms with Gasteiger partial charge < -0.3 is 9.64 Å². The van der Waals surface area contributed by atoms with Gasteiger partial charge in [0, 0.05) is 31.1 Å². The van der Waals surface area contributed by atoms with Gasteiger partial charge in [-0.2, -0.15) is 0 Å². The van der Waals surface area contributed by atoms with Gasteiger partial charge >= 0.3 is 0 Å². The fraction of sp³-hybridized carbons (Fsp3) is 0.300. The Labute approximate surface area is 165 Å². The summed E-state index contributed by atoms with van der Waals surface area (Å²) in [6.45, 7) is 1.30. The standard InChI is InChI=1S/C20H19N3O4S/c24-19(13-27-16-7-5-15(6-8-16)23(25)26)22-11-9-14(10-12-22)20-21-17-3-1-2-4-18(17)28-20/h1-8,14H,9-13H2. The van der Waals surface area contributed by atoms with Crippen molar-refractivity contribution in [1.82, 2.24) is 9.88 Å². The van der Waals surface area contributed by atoms with E-state index in [0.29, 0.717) is 24.8 Å². The molecule has 1 aliphatic heterocycles. The molecule has 3 aromatic rings. The minimum atomic E-state index is -0.468. The maximum atomic E-state index is 12.4. The number of para-hydroxylation sites is 1. The number of non-ortho nitro benzene ring substituents is 1. The molecule has 1 aliphatic rings. The number of carbonyl (C=O) groups is 1. The van der Waals surface area contributed by atoms with Crippen molar-refractivity contribution in [3.8, 4) is 5.75 Å². The number of nitro benzene ring substituents is 1. The second-order valence-electron chi connectivity index (χ2n) is 6.71. The molecular weight excluding hydrogens is 378 g/mol. The first-order chi connectivity index (χ1) is 13.6.